The van der Waals surface area contributed by atoms with Gasteiger partial charge in [0.05, 0.1) is 32.0 Å². The number of fused-ring (bicyclic) bond motifs is 2. The molecule has 3 fully saturated rings. The van der Waals surface area contributed by atoms with E-state index in [-0.39, 0.29) is 26.2 Å². The summed E-state index contributed by atoms with van der Waals surface area (Å²) in [6.07, 6.45) is -6.92. The van der Waals surface area contributed by atoms with Crippen LogP contribution in [0.25, 0.3) is 11.1 Å². The van der Waals surface area contributed by atoms with Crippen molar-refractivity contribution in [3.8, 4) is 17.0 Å². The van der Waals surface area contributed by atoms with E-state index < -0.39 is 30.5 Å². The van der Waals surface area contributed by atoms with E-state index in [1.165, 1.54) is 4.90 Å². The monoisotopic (exact) mass is 522 g/mol. The second kappa shape index (κ2) is 10.3. The molecule has 5 rings (SSSR count). The number of anilines is 2. The van der Waals surface area contributed by atoms with Gasteiger partial charge in [0.25, 0.3) is 0 Å². The van der Waals surface area contributed by atoms with Gasteiger partial charge in [-0.3, -0.25) is 0 Å². The van der Waals surface area contributed by atoms with Gasteiger partial charge in [0, 0.05) is 31.4 Å². The van der Waals surface area contributed by atoms with E-state index in [2.05, 4.69) is 15.2 Å². The quantitative estimate of drug-likeness (QED) is 0.602. The Balaban J connectivity index is 1.39. The zero-order valence-electron chi connectivity index (χ0n) is 20.3. The van der Waals surface area contributed by atoms with Crippen molar-refractivity contribution in [2.75, 3.05) is 56.3 Å². The predicted molar refractivity (Wildman–Crippen MR) is 129 cm³/mol. The third kappa shape index (κ3) is 5.46. The Morgan fingerprint density at radius 3 is 2.73 bits per heavy atom. The van der Waals surface area contributed by atoms with Crippen molar-refractivity contribution < 1.29 is 37.3 Å². The van der Waals surface area contributed by atoms with E-state index in [0.717, 1.165) is 16.7 Å². The summed E-state index contributed by atoms with van der Waals surface area (Å²) < 4.78 is 56.1. The molecule has 200 valence electrons. The second-order valence-electron chi connectivity index (χ2n) is 9.36. The summed E-state index contributed by atoms with van der Waals surface area (Å²) in [6, 6.07) is 7.41. The van der Waals surface area contributed by atoms with Gasteiger partial charge in [-0.2, -0.15) is 18.2 Å². The van der Waals surface area contributed by atoms with Crippen LogP contribution in [0.3, 0.4) is 0 Å². The molecule has 0 saturated carbocycles. The first-order valence-corrected chi connectivity index (χ1v) is 12.2. The van der Waals surface area contributed by atoms with Crippen LogP contribution in [0.1, 0.15) is 12.0 Å². The van der Waals surface area contributed by atoms with Crippen LogP contribution in [0.4, 0.5) is 29.5 Å². The largest absolute Gasteiger partial charge is 0.475 e. The van der Waals surface area contributed by atoms with Crippen molar-refractivity contribution in [3.63, 3.8) is 0 Å². The Hall–Kier alpha value is -3.09. The van der Waals surface area contributed by atoms with Crippen LogP contribution >= 0.6 is 0 Å². The number of aromatic nitrogens is 1. The number of carbonyl (C=O) groups is 1. The molecule has 0 spiro atoms. The van der Waals surface area contributed by atoms with E-state index in [1.807, 2.05) is 19.1 Å². The molecule has 0 aliphatic carbocycles. The minimum absolute atomic E-state index is 0.0920. The number of nitrogens with one attached hydrogen (secondary N) is 1. The fraction of sp³-hybridized carbons (Fsp3) is 0.520. The van der Waals surface area contributed by atoms with Crippen LogP contribution in [0.5, 0.6) is 5.88 Å². The van der Waals surface area contributed by atoms with Crippen molar-refractivity contribution >= 4 is 17.5 Å². The Morgan fingerprint density at radius 1 is 1.24 bits per heavy atom. The topological polar surface area (TPSA) is 96.4 Å². The molecular formula is C25H29F3N4O5. The van der Waals surface area contributed by atoms with Gasteiger partial charge >= 0.3 is 12.2 Å². The Bertz CT molecular complexity index is 1140. The zero-order valence-corrected chi connectivity index (χ0v) is 20.3. The van der Waals surface area contributed by atoms with E-state index in [9.17, 15) is 23.1 Å². The van der Waals surface area contributed by atoms with Crippen molar-refractivity contribution in [2.24, 2.45) is 0 Å². The smallest absolute Gasteiger partial charge is 0.416 e. The first kappa shape index (κ1) is 25.6. The lowest BCUT2D eigenvalue weighted by atomic mass is 10.00. The van der Waals surface area contributed by atoms with Gasteiger partial charge in [0.2, 0.25) is 5.88 Å². The number of urea groups is 1. The molecule has 9 nitrogen and oxygen atoms in total. The van der Waals surface area contributed by atoms with Crippen LogP contribution < -0.4 is 15.0 Å². The highest BCUT2D eigenvalue weighted by atomic mass is 19.4. The molecular weight excluding hydrogens is 493 g/mol. The molecule has 2 amide bonds. The molecule has 3 atom stereocenters. The second-order valence-corrected chi connectivity index (χ2v) is 9.36. The minimum Gasteiger partial charge on any atom is -0.475 e. The molecule has 0 radical (unpaired) electrons. The van der Waals surface area contributed by atoms with Crippen LogP contribution in [0, 0.1) is 6.92 Å². The number of rotatable bonds is 6. The highest BCUT2D eigenvalue weighted by Crippen LogP contribution is 2.41. The third-order valence-electron chi connectivity index (χ3n) is 6.84. The Labute approximate surface area is 212 Å². The molecule has 1 aromatic heterocycles. The first-order chi connectivity index (χ1) is 17.7. The standard InChI is InChI=1S/C25H29F3N4O5/c1-15-2-3-17(29-24(34)32-14-18-13-20(32)23(37-18)25(26,27)28)12-19(15)16-10-21(31-4-7-35-8-5-31)30-22(11-16)36-9-6-33/h2-3,10-12,18,20,23,33H,4-9,13-14H2,1H3,(H,29,34). The van der Waals surface area contributed by atoms with Gasteiger partial charge < -0.3 is 34.4 Å². The normalized spacial score (nSPS) is 23.4. The van der Waals surface area contributed by atoms with Crippen molar-refractivity contribution in [1.82, 2.24) is 9.88 Å². The summed E-state index contributed by atoms with van der Waals surface area (Å²) in [6.45, 7) is 4.49. The molecule has 1 aromatic carbocycles. The van der Waals surface area contributed by atoms with E-state index in [1.54, 1.807) is 18.2 Å². The average Bonchev–Trinajstić information content (AvgIpc) is 3.51. The number of hydrogen-bond acceptors (Lipinski definition) is 7. The van der Waals surface area contributed by atoms with Crippen LogP contribution in [-0.4, -0.2) is 91.5 Å². The molecule has 3 aliphatic heterocycles. The van der Waals surface area contributed by atoms with E-state index in [0.29, 0.717) is 43.7 Å². The number of aliphatic hydroxyl groups excluding tert-OH is 1. The number of aryl methyl sites for hydroxylation is 1. The van der Waals surface area contributed by atoms with E-state index in [4.69, 9.17) is 14.2 Å². The summed E-state index contributed by atoms with van der Waals surface area (Å²) in [4.78, 5) is 20.8. The number of halogens is 3. The van der Waals surface area contributed by atoms with Crippen LogP contribution in [0.15, 0.2) is 30.3 Å². The molecule has 4 heterocycles. The van der Waals surface area contributed by atoms with Gasteiger partial charge in [-0.1, -0.05) is 6.07 Å². The van der Waals surface area contributed by atoms with Gasteiger partial charge in [0.15, 0.2) is 6.10 Å². The number of hydrogen-bond donors (Lipinski definition) is 2. The Kier molecular flexibility index (Phi) is 7.15. The summed E-state index contributed by atoms with van der Waals surface area (Å²) in [7, 11) is 0. The maximum atomic E-state index is 13.3. The molecule has 3 aliphatic rings. The number of nitrogens with zero attached hydrogens (tertiary/aromatic N) is 3. The van der Waals surface area contributed by atoms with Gasteiger partial charge in [-0.15, -0.1) is 0 Å². The molecule has 2 aromatic rings. The summed E-state index contributed by atoms with van der Waals surface area (Å²) in [5.74, 6) is 1.06. The fourth-order valence-electron chi connectivity index (χ4n) is 5.07. The van der Waals surface area contributed by atoms with Gasteiger partial charge in [-0.05, 0) is 48.2 Å². The molecule has 12 heteroatoms. The highest BCUT2D eigenvalue weighted by molar-refractivity contribution is 5.91. The Morgan fingerprint density at radius 2 is 2.03 bits per heavy atom. The number of aliphatic hydroxyl groups is 1. The maximum Gasteiger partial charge on any atom is 0.416 e. The zero-order chi connectivity index (χ0) is 26.2. The third-order valence-corrected chi connectivity index (χ3v) is 6.84. The van der Waals surface area contributed by atoms with Crippen molar-refractivity contribution in [3.05, 3.63) is 35.9 Å². The number of amides is 2. The molecule has 3 unspecified atom stereocenters. The average molecular weight is 523 g/mol. The van der Waals surface area contributed by atoms with Gasteiger partial charge in [-0.25, -0.2) is 4.79 Å². The molecule has 3 saturated heterocycles. The van der Waals surface area contributed by atoms with Crippen LogP contribution in [0.2, 0.25) is 0 Å². The number of pyridine rings is 1. The summed E-state index contributed by atoms with van der Waals surface area (Å²) in [5.41, 5.74) is 2.99. The first-order valence-electron chi connectivity index (χ1n) is 12.2. The lowest BCUT2D eigenvalue weighted by Gasteiger charge is -2.34. The van der Waals surface area contributed by atoms with Crippen molar-refractivity contribution in [1.29, 1.82) is 0 Å². The number of ether oxygens (including phenoxy) is 3. The number of likely N-dealkylation sites (tertiary alicyclic amines) is 1. The summed E-state index contributed by atoms with van der Waals surface area (Å²) >= 11 is 0. The van der Waals surface area contributed by atoms with E-state index >= 15 is 0 Å². The SMILES string of the molecule is Cc1ccc(NC(=O)N2CC3CC2C(C(F)(F)F)O3)cc1-c1cc(OCCO)nc(N2CCOCC2)c1. The number of morpholine rings is 2. The fourth-order valence-corrected chi connectivity index (χ4v) is 5.07. The molecule has 37 heavy (non-hydrogen) atoms. The predicted octanol–water partition coefficient (Wildman–Crippen LogP) is 3.20. The minimum atomic E-state index is -4.52. The number of benzene rings is 1. The van der Waals surface area contributed by atoms with Gasteiger partial charge in [0.1, 0.15) is 12.4 Å². The number of alkyl halides is 3. The molecule has 2 N–H and O–H groups in total. The summed E-state index contributed by atoms with van der Waals surface area (Å²) in [5, 5.41) is 12.0. The lowest BCUT2D eigenvalue weighted by Crippen LogP contribution is -2.53. The lowest BCUT2D eigenvalue weighted by molar-refractivity contribution is -0.234. The van der Waals surface area contributed by atoms with Crippen molar-refractivity contribution in [2.45, 2.75) is 37.8 Å². The maximum absolute atomic E-state index is 13.3. The number of carbonyl (C=O) groups excluding carboxylic acids is 1. The highest BCUT2D eigenvalue weighted by Gasteiger charge is 2.58. The molecule has 2 bridgehead atoms. The van der Waals surface area contributed by atoms with Crippen LogP contribution in [-0.2, 0) is 9.47 Å².